The van der Waals surface area contributed by atoms with E-state index in [1.165, 1.54) is 5.56 Å². The standard InChI is InChI=1S/C22H17N5OS2/c1-3-8-16(9-4-1)14-20-24-25-22(27(20)17-10-5-2-6-11-17)30-15-19-23-21(28-26-19)18-12-7-13-29-18/h1-13H,14-15H2. The number of aromatic nitrogens is 5. The molecule has 3 heterocycles. The van der Waals surface area contributed by atoms with Crippen LogP contribution in [0.3, 0.4) is 0 Å². The lowest BCUT2D eigenvalue weighted by molar-refractivity contribution is 0.426. The average Bonchev–Trinajstić information content (AvgIpc) is 3.54. The maximum absolute atomic E-state index is 5.39. The molecule has 0 radical (unpaired) electrons. The highest BCUT2D eigenvalue weighted by Gasteiger charge is 2.17. The molecule has 2 aromatic carbocycles. The van der Waals surface area contributed by atoms with Gasteiger partial charge in [-0.2, -0.15) is 4.98 Å². The Balaban J connectivity index is 1.40. The molecule has 0 saturated heterocycles. The van der Waals surface area contributed by atoms with E-state index in [0.717, 1.165) is 21.5 Å². The summed E-state index contributed by atoms with van der Waals surface area (Å²) < 4.78 is 7.48. The fourth-order valence-electron chi connectivity index (χ4n) is 3.07. The molecule has 0 bridgehead atoms. The molecule has 0 fully saturated rings. The smallest absolute Gasteiger partial charge is 0.268 e. The molecule has 0 aliphatic carbocycles. The van der Waals surface area contributed by atoms with Crippen LogP contribution in [0.1, 0.15) is 17.2 Å². The minimum absolute atomic E-state index is 0.547. The highest BCUT2D eigenvalue weighted by molar-refractivity contribution is 7.98. The monoisotopic (exact) mass is 431 g/mol. The van der Waals surface area contributed by atoms with E-state index in [-0.39, 0.29) is 0 Å². The Morgan fingerprint density at radius 1 is 0.900 bits per heavy atom. The minimum Gasteiger partial charge on any atom is -0.333 e. The van der Waals surface area contributed by atoms with Crippen LogP contribution in [0.4, 0.5) is 0 Å². The minimum atomic E-state index is 0.547. The van der Waals surface area contributed by atoms with Crippen LogP contribution in [0.5, 0.6) is 0 Å². The van der Waals surface area contributed by atoms with E-state index < -0.39 is 0 Å². The van der Waals surface area contributed by atoms with E-state index in [9.17, 15) is 0 Å². The van der Waals surface area contributed by atoms with Gasteiger partial charge in [-0.25, -0.2) is 0 Å². The number of rotatable bonds is 7. The molecule has 3 aromatic heterocycles. The number of para-hydroxylation sites is 1. The van der Waals surface area contributed by atoms with Crippen LogP contribution < -0.4 is 0 Å². The average molecular weight is 432 g/mol. The highest BCUT2D eigenvalue weighted by Crippen LogP contribution is 2.27. The summed E-state index contributed by atoms with van der Waals surface area (Å²) in [6.07, 6.45) is 0.702. The first kappa shape index (κ1) is 18.8. The Hall–Kier alpha value is -3.23. The van der Waals surface area contributed by atoms with E-state index in [2.05, 4.69) is 49.2 Å². The lowest BCUT2D eigenvalue weighted by Gasteiger charge is -2.09. The maximum Gasteiger partial charge on any atom is 0.268 e. The number of hydrogen-bond acceptors (Lipinski definition) is 7. The SMILES string of the molecule is c1ccc(Cc2nnc(SCc3noc(-c4cccs4)n3)n2-c2ccccc2)cc1. The number of thiophene rings is 1. The number of thioether (sulfide) groups is 1. The molecule has 0 aliphatic rings. The van der Waals surface area contributed by atoms with Crippen molar-refractivity contribution in [2.24, 2.45) is 0 Å². The van der Waals surface area contributed by atoms with Gasteiger partial charge in [-0.15, -0.1) is 21.5 Å². The molecule has 5 aromatic rings. The Bertz CT molecular complexity index is 1220. The Morgan fingerprint density at radius 3 is 2.47 bits per heavy atom. The Kier molecular flexibility index (Phi) is 5.41. The van der Waals surface area contributed by atoms with Crippen molar-refractivity contribution in [2.75, 3.05) is 0 Å². The zero-order chi connectivity index (χ0) is 20.2. The lowest BCUT2D eigenvalue weighted by Crippen LogP contribution is -2.03. The van der Waals surface area contributed by atoms with Crippen LogP contribution in [0.2, 0.25) is 0 Å². The van der Waals surface area contributed by atoms with Crippen molar-refractivity contribution in [3.63, 3.8) is 0 Å². The summed E-state index contributed by atoms with van der Waals surface area (Å²) >= 11 is 3.12. The molecular weight excluding hydrogens is 414 g/mol. The van der Waals surface area contributed by atoms with Gasteiger partial charge in [0.05, 0.1) is 10.6 Å². The predicted octanol–water partition coefficient (Wildman–Crippen LogP) is 5.26. The van der Waals surface area contributed by atoms with Crippen molar-refractivity contribution in [1.82, 2.24) is 24.9 Å². The van der Waals surface area contributed by atoms with Gasteiger partial charge in [0.25, 0.3) is 5.89 Å². The molecule has 0 atom stereocenters. The van der Waals surface area contributed by atoms with Crippen molar-refractivity contribution in [1.29, 1.82) is 0 Å². The van der Waals surface area contributed by atoms with Gasteiger partial charge in [-0.05, 0) is 29.1 Å². The summed E-state index contributed by atoms with van der Waals surface area (Å²) in [5.74, 6) is 2.62. The normalized spacial score (nSPS) is 11.1. The number of hydrogen-bond donors (Lipinski definition) is 0. The molecule has 5 rings (SSSR count). The van der Waals surface area contributed by atoms with E-state index in [0.29, 0.717) is 23.9 Å². The van der Waals surface area contributed by atoms with E-state index in [1.807, 2.05) is 53.9 Å². The third kappa shape index (κ3) is 4.05. The van der Waals surface area contributed by atoms with E-state index >= 15 is 0 Å². The van der Waals surface area contributed by atoms with Gasteiger partial charge in [-0.3, -0.25) is 4.57 Å². The maximum atomic E-state index is 5.39. The summed E-state index contributed by atoms with van der Waals surface area (Å²) in [6.45, 7) is 0. The third-order valence-electron chi connectivity index (χ3n) is 4.45. The van der Waals surface area contributed by atoms with Crippen molar-refractivity contribution in [3.8, 4) is 16.5 Å². The predicted molar refractivity (Wildman–Crippen MR) is 118 cm³/mol. The highest BCUT2D eigenvalue weighted by atomic mass is 32.2. The fourth-order valence-corrected chi connectivity index (χ4v) is 4.52. The van der Waals surface area contributed by atoms with Gasteiger partial charge in [-0.1, -0.05) is 71.5 Å². The topological polar surface area (TPSA) is 69.6 Å². The van der Waals surface area contributed by atoms with Crippen molar-refractivity contribution >= 4 is 23.1 Å². The molecule has 8 heteroatoms. The summed E-state index contributed by atoms with van der Waals surface area (Å²) in [5, 5.41) is 15.8. The largest absolute Gasteiger partial charge is 0.333 e. The van der Waals surface area contributed by atoms with Gasteiger partial charge in [0.1, 0.15) is 5.82 Å². The van der Waals surface area contributed by atoms with Crippen molar-refractivity contribution in [2.45, 2.75) is 17.3 Å². The van der Waals surface area contributed by atoms with Crippen LogP contribution in [-0.2, 0) is 12.2 Å². The molecule has 0 amide bonds. The van der Waals surface area contributed by atoms with Crippen molar-refractivity contribution in [3.05, 3.63) is 95.4 Å². The van der Waals surface area contributed by atoms with Crippen LogP contribution in [0.15, 0.2) is 87.9 Å². The van der Waals surface area contributed by atoms with Crippen LogP contribution >= 0.6 is 23.1 Å². The second-order valence-corrected chi connectivity index (χ2v) is 8.40. The number of nitrogens with zero attached hydrogens (tertiary/aromatic N) is 5. The van der Waals surface area contributed by atoms with Gasteiger partial charge >= 0.3 is 0 Å². The lowest BCUT2D eigenvalue weighted by atomic mass is 10.1. The zero-order valence-corrected chi connectivity index (χ0v) is 17.5. The summed E-state index contributed by atoms with van der Waals surface area (Å²) in [5.41, 5.74) is 2.22. The molecule has 0 unspecified atom stereocenters. The first-order valence-corrected chi connectivity index (χ1v) is 11.3. The van der Waals surface area contributed by atoms with E-state index in [4.69, 9.17) is 4.52 Å². The molecule has 148 valence electrons. The first-order chi connectivity index (χ1) is 14.9. The molecule has 6 nitrogen and oxygen atoms in total. The molecule has 0 saturated carbocycles. The Labute approximate surface area is 181 Å². The van der Waals surface area contributed by atoms with Gasteiger partial charge in [0.2, 0.25) is 0 Å². The van der Waals surface area contributed by atoms with Crippen molar-refractivity contribution < 1.29 is 4.52 Å². The third-order valence-corrected chi connectivity index (χ3v) is 6.23. The van der Waals surface area contributed by atoms with Gasteiger partial charge < -0.3 is 4.52 Å². The van der Waals surface area contributed by atoms with Crippen LogP contribution in [0, 0.1) is 0 Å². The van der Waals surface area contributed by atoms with E-state index in [1.54, 1.807) is 23.1 Å². The number of benzene rings is 2. The van der Waals surface area contributed by atoms with Gasteiger partial charge in [0, 0.05) is 12.1 Å². The molecule has 0 spiro atoms. The molecule has 0 aliphatic heterocycles. The second-order valence-electron chi connectivity index (χ2n) is 6.51. The molecular formula is C22H17N5OS2. The Morgan fingerprint density at radius 2 is 1.70 bits per heavy atom. The molecule has 0 N–H and O–H groups in total. The van der Waals surface area contributed by atoms with Gasteiger partial charge in [0.15, 0.2) is 11.0 Å². The fraction of sp³-hybridized carbons (Fsp3) is 0.0909. The second kappa shape index (κ2) is 8.64. The summed E-state index contributed by atoms with van der Waals surface area (Å²) in [4.78, 5) is 5.47. The van der Waals surface area contributed by atoms with Crippen LogP contribution in [0.25, 0.3) is 16.5 Å². The quantitative estimate of drug-likeness (QED) is 0.327. The summed E-state index contributed by atoms with van der Waals surface area (Å²) in [6, 6.07) is 24.4. The van der Waals surface area contributed by atoms with Crippen LogP contribution in [-0.4, -0.2) is 24.9 Å². The first-order valence-electron chi connectivity index (χ1n) is 9.40. The summed E-state index contributed by atoms with van der Waals surface area (Å²) in [7, 11) is 0. The zero-order valence-electron chi connectivity index (χ0n) is 15.9. The molecule has 30 heavy (non-hydrogen) atoms.